The third kappa shape index (κ3) is 5.45. The van der Waals surface area contributed by atoms with Crippen LogP contribution in [0.5, 0.6) is 5.75 Å². The standard InChI is InChI=1S/C32H33N3O3S/c1-21(2)30-19-35(39(36,37)28-13-11-22(3)12-14-28)32-31(30)34-26(18-33-32)17-29-23(4)15-27(16-24(29)5)38-20-25-9-7-6-8-10-25/h6-16,18-19,21H,17,20H2,1-5H3. The van der Waals surface area contributed by atoms with Gasteiger partial charge in [0.1, 0.15) is 17.9 Å². The van der Waals surface area contributed by atoms with E-state index in [4.69, 9.17) is 9.72 Å². The zero-order chi connectivity index (χ0) is 27.7. The fraction of sp³-hybridized carbons (Fsp3) is 0.250. The van der Waals surface area contributed by atoms with E-state index in [2.05, 4.69) is 31.0 Å². The van der Waals surface area contributed by atoms with Crippen molar-refractivity contribution in [3.63, 3.8) is 0 Å². The van der Waals surface area contributed by atoms with Crippen LogP contribution in [0.4, 0.5) is 0 Å². The van der Waals surface area contributed by atoms with Crippen molar-refractivity contribution in [3.8, 4) is 5.75 Å². The largest absolute Gasteiger partial charge is 0.489 e. The molecule has 0 radical (unpaired) electrons. The highest BCUT2D eigenvalue weighted by Gasteiger charge is 2.24. The predicted molar refractivity (Wildman–Crippen MR) is 155 cm³/mol. The summed E-state index contributed by atoms with van der Waals surface area (Å²) in [5, 5.41) is 0. The minimum Gasteiger partial charge on any atom is -0.489 e. The zero-order valence-electron chi connectivity index (χ0n) is 23.0. The molecule has 2 aromatic heterocycles. The van der Waals surface area contributed by atoms with Crippen molar-refractivity contribution >= 4 is 21.2 Å². The Morgan fingerprint density at radius 3 is 2.23 bits per heavy atom. The first kappa shape index (κ1) is 26.6. The molecule has 0 unspecified atom stereocenters. The second kappa shape index (κ2) is 10.7. The lowest BCUT2D eigenvalue weighted by Gasteiger charge is -2.14. The lowest BCUT2D eigenvalue weighted by atomic mass is 9.98. The Labute approximate surface area is 230 Å². The van der Waals surface area contributed by atoms with Crippen LogP contribution in [0, 0.1) is 20.8 Å². The van der Waals surface area contributed by atoms with Gasteiger partial charge in [-0.2, -0.15) is 0 Å². The molecular formula is C32H33N3O3S. The molecule has 5 aromatic rings. The monoisotopic (exact) mass is 539 g/mol. The lowest BCUT2D eigenvalue weighted by Crippen LogP contribution is -2.12. The van der Waals surface area contributed by atoms with E-state index in [0.29, 0.717) is 24.2 Å². The van der Waals surface area contributed by atoms with Gasteiger partial charge in [-0.3, -0.25) is 0 Å². The average Bonchev–Trinajstić information content (AvgIpc) is 3.30. The molecule has 39 heavy (non-hydrogen) atoms. The van der Waals surface area contributed by atoms with E-state index < -0.39 is 10.0 Å². The van der Waals surface area contributed by atoms with Gasteiger partial charge in [-0.1, -0.05) is 61.9 Å². The molecule has 0 atom stereocenters. The predicted octanol–water partition coefficient (Wildman–Crippen LogP) is 6.89. The van der Waals surface area contributed by atoms with E-state index in [9.17, 15) is 8.42 Å². The maximum absolute atomic E-state index is 13.5. The second-order valence-electron chi connectivity index (χ2n) is 10.4. The Bertz CT molecular complexity index is 1720. The number of ether oxygens (including phenoxy) is 1. The molecular weight excluding hydrogens is 506 g/mol. The van der Waals surface area contributed by atoms with Crippen molar-refractivity contribution in [1.29, 1.82) is 0 Å². The highest BCUT2D eigenvalue weighted by atomic mass is 32.2. The first-order chi connectivity index (χ1) is 18.6. The van der Waals surface area contributed by atoms with Gasteiger partial charge in [0, 0.05) is 18.2 Å². The van der Waals surface area contributed by atoms with Gasteiger partial charge >= 0.3 is 0 Å². The number of fused-ring (bicyclic) bond motifs is 1. The molecule has 0 aliphatic rings. The Hall–Kier alpha value is -3.97. The van der Waals surface area contributed by atoms with Crippen molar-refractivity contribution in [1.82, 2.24) is 13.9 Å². The summed E-state index contributed by atoms with van der Waals surface area (Å²) in [6.45, 7) is 10.7. The average molecular weight is 540 g/mol. The number of benzene rings is 3. The summed E-state index contributed by atoms with van der Waals surface area (Å²) >= 11 is 0. The van der Waals surface area contributed by atoms with E-state index in [1.54, 1.807) is 36.7 Å². The van der Waals surface area contributed by atoms with Crippen molar-refractivity contribution < 1.29 is 13.2 Å². The van der Waals surface area contributed by atoms with Crippen molar-refractivity contribution in [3.05, 3.63) is 118 Å². The van der Waals surface area contributed by atoms with Crippen molar-refractivity contribution in [2.75, 3.05) is 0 Å². The number of rotatable bonds is 8. The summed E-state index contributed by atoms with van der Waals surface area (Å²) in [6, 6.07) is 21.1. The minimum atomic E-state index is -3.81. The van der Waals surface area contributed by atoms with Crippen LogP contribution in [0.15, 0.2) is 84.0 Å². The first-order valence-electron chi connectivity index (χ1n) is 13.1. The van der Waals surface area contributed by atoms with Crippen molar-refractivity contribution in [2.45, 2.75) is 58.5 Å². The highest BCUT2D eigenvalue weighted by Crippen LogP contribution is 2.30. The molecule has 6 nitrogen and oxygen atoms in total. The van der Waals surface area contributed by atoms with Gasteiger partial charge in [0.2, 0.25) is 0 Å². The molecule has 0 amide bonds. The van der Waals surface area contributed by atoms with E-state index in [-0.39, 0.29) is 10.8 Å². The van der Waals surface area contributed by atoms with Gasteiger partial charge in [-0.25, -0.2) is 22.4 Å². The molecule has 0 bridgehead atoms. The fourth-order valence-corrected chi connectivity index (χ4v) is 6.10. The number of hydrogen-bond acceptors (Lipinski definition) is 5. The van der Waals surface area contributed by atoms with Crippen LogP contribution in [-0.4, -0.2) is 22.4 Å². The quantitative estimate of drug-likeness (QED) is 0.215. The summed E-state index contributed by atoms with van der Waals surface area (Å²) < 4.78 is 34.4. The van der Waals surface area contributed by atoms with E-state index in [1.165, 1.54) is 3.97 Å². The van der Waals surface area contributed by atoms with Crippen molar-refractivity contribution in [2.24, 2.45) is 0 Å². The van der Waals surface area contributed by atoms with Crippen LogP contribution in [0.3, 0.4) is 0 Å². The third-order valence-electron chi connectivity index (χ3n) is 7.02. The molecule has 7 heteroatoms. The Morgan fingerprint density at radius 1 is 0.923 bits per heavy atom. The van der Waals surface area contributed by atoms with Gasteiger partial charge in [-0.15, -0.1) is 0 Å². The third-order valence-corrected chi connectivity index (χ3v) is 8.68. The van der Waals surface area contributed by atoms with E-state index >= 15 is 0 Å². The number of aromatic nitrogens is 3. The van der Waals surface area contributed by atoms with E-state index in [1.807, 2.05) is 51.1 Å². The summed E-state index contributed by atoms with van der Waals surface area (Å²) in [7, 11) is -3.81. The number of nitrogens with zero attached hydrogens (tertiary/aromatic N) is 3. The number of hydrogen-bond donors (Lipinski definition) is 0. The molecule has 0 N–H and O–H groups in total. The summed E-state index contributed by atoms with van der Waals surface area (Å²) in [5.74, 6) is 0.913. The summed E-state index contributed by atoms with van der Waals surface area (Å²) in [6.07, 6.45) is 3.95. The van der Waals surface area contributed by atoms with Crippen LogP contribution in [0.2, 0.25) is 0 Å². The lowest BCUT2D eigenvalue weighted by molar-refractivity contribution is 0.305. The molecule has 0 saturated carbocycles. The molecule has 0 spiro atoms. The molecule has 2 heterocycles. The van der Waals surface area contributed by atoms with Gasteiger partial charge in [0.15, 0.2) is 5.65 Å². The SMILES string of the molecule is Cc1ccc(S(=O)(=O)n2cc(C(C)C)c3nc(Cc4c(C)cc(OCc5ccccc5)cc4C)cnc32)cc1. The van der Waals surface area contributed by atoms with Gasteiger partial charge < -0.3 is 4.74 Å². The molecule has 0 saturated heterocycles. The molecule has 0 aliphatic heterocycles. The zero-order valence-corrected chi connectivity index (χ0v) is 23.8. The van der Waals surface area contributed by atoms with Crippen LogP contribution in [-0.2, 0) is 23.1 Å². The fourth-order valence-electron chi connectivity index (χ4n) is 4.78. The maximum atomic E-state index is 13.5. The van der Waals surface area contributed by atoms with Gasteiger partial charge in [-0.05, 0) is 73.2 Å². The van der Waals surface area contributed by atoms with Crippen LogP contribution in [0.1, 0.15) is 58.8 Å². The van der Waals surface area contributed by atoms with Crippen LogP contribution < -0.4 is 4.74 Å². The molecule has 0 fully saturated rings. The van der Waals surface area contributed by atoms with Gasteiger partial charge in [0.25, 0.3) is 10.0 Å². The molecule has 200 valence electrons. The minimum absolute atomic E-state index is 0.0797. The summed E-state index contributed by atoms with van der Waals surface area (Å²) in [5.41, 5.74) is 8.13. The highest BCUT2D eigenvalue weighted by molar-refractivity contribution is 7.90. The molecule has 3 aromatic carbocycles. The normalized spacial score (nSPS) is 11.8. The Kier molecular flexibility index (Phi) is 7.28. The van der Waals surface area contributed by atoms with Crippen LogP contribution in [0.25, 0.3) is 11.2 Å². The molecule has 0 aliphatic carbocycles. The topological polar surface area (TPSA) is 74.1 Å². The summed E-state index contributed by atoms with van der Waals surface area (Å²) in [4.78, 5) is 9.79. The van der Waals surface area contributed by atoms with Gasteiger partial charge in [0.05, 0.1) is 16.8 Å². The Balaban J connectivity index is 1.46. The second-order valence-corrected chi connectivity index (χ2v) is 12.2. The Morgan fingerprint density at radius 2 is 1.59 bits per heavy atom. The maximum Gasteiger partial charge on any atom is 0.269 e. The van der Waals surface area contributed by atoms with E-state index in [0.717, 1.165) is 44.8 Å². The van der Waals surface area contributed by atoms with Crippen LogP contribution >= 0.6 is 0 Å². The first-order valence-corrected chi connectivity index (χ1v) is 14.5. The smallest absolute Gasteiger partial charge is 0.269 e. The molecule has 5 rings (SSSR count). The number of aryl methyl sites for hydroxylation is 3.